The molecule has 0 heterocycles. The van der Waals surface area contributed by atoms with Crippen molar-refractivity contribution in [3.05, 3.63) is 28.8 Å². The van der Waals surface area contributed by atoms with Crippen LogP contribution < -0.4 is 5.32 Å². The number of carbonyl (C=O) groups is 2. The van der Waals surface area contributed by atoms with Crippen LogP contribution in [0, 0.1) is 0 Å². The second-order valence-electron chi connectivity index (χ2n) is 4.44. The Hall–Kier alpha value is -1.80. The minimum Gasteiger partial charge on any atom is -0.507 e. The van der Waals surface area contributed by atoms with E-state index in [-0.39, 0.29) is 22.8 Å². The summed E-state index contributed by atoms with van der Waals surface area (Å²) in [5.41, 5.74) is -0.148. The van der Waals surface area contributed by atoms with E-state index < -0.39 is 33.5 Å². The largest absolute Gasteiger partial charge is 0.507 e. The van der Waals surface area contributed by atoms with Gasteiger partial charge in [0.15, 0.2) is 0 Å². The molecule has 0 aliphatic carbocycles. The molecule has 0 aliphatic heterocycles. The number of benzene rings is 1. The molecule has 1 aromatic carbocycles. The Morgan fingerprint density at radius 2 is 2.00 bits per heavy atom. The maximum Gasteiger partial charge on any atom is 0.326 e. The Labute approximate surface area is 126 Å². The topological polar surface area (TPSA) is 121 Å². The molecule has 0 bridgehead atoms. The summed E-state index contributed by atoms with van der Waals surface area (Å²) in [6.45, 7) is 0. The van der Waals surface area contributed by atoms with Crippen molar-refractivity contribution >= 4 is 33.3 Å². The second-order valence-corrected chi connectivity index (χ2v) is 7.14. The third-order valence-electron chi connectivity index (χ3n) is 2.59. The van der Waals surface area contributed by atoms with Crippen molar-refractivity contribution in [2.24, 2.45) is 0 Å². The number of amides is 1. The number of halogens is 1. The predicted octanol–water partition coefficient (Wildman–Crippen LogP) is 0.663. The first-order valence-electron chi connectivity index (χ1n) is 5.80. The van der Waals surface area contributed by atoms with Gasteiger partial charge in [-0.15, -0.1) is 0 Å². The number of carbonyl (C=O) groups excluding carboxylic acids is 1. The minimum atomic E-state index is -3.35. The Bertz CT molecular complexity index is 658. The minimum absolute atomic E-state index is 0.148. The normalized spacial score (nSPS) is 12.7. The molecule has 1 atom stereocenters. The van der Waals surface area contributed by atoms with E-state index in [1.165, 1.54) is 12.1 Å². The van der Waals surface area contributed by atoms with Gasteiger partial charge in [0, 0.05) is 11.3 Å². The average Bonchev–Trinajstić information content (AvgIpc) is 2.32. The zero-order valence-electron chi connectivity index (χ0n) is 11.0. The first-order chi connectivity index (χ1) is 9.60. The predicted molar refractivity (Wildman–Crippen MR) is 76.3 cm³/mol. The van der Waals surface area contributed by atoms with Gasteiger partial charge in [-0.05, 0) is 24.6 Å². The van der Waals surface area contributed by atoms with Crippen molar-refractivity contribution in [3.8, 4) is 5.75 Å². The summed E-state index contributed by atoms with van der Waals surface area (Å²) in [5.74, 6) is -2.96. The van der Waals surface area contributed by atoms with Crippen LogP contribution in [-0.2, 0) is 14.6 Å². The van der Waals surface area contributed by atoms with Gasteiger partial charge in [0.25, 0.3) is 5.91 Å². The van der Waals surface area contributed by atoms with Crippen molar-refractivity contribution in [1.29, 1.82) is 0 Å². The zero-order chi connectivity index (χ0) is 16.2. The molecular weight excluding hydrogens is 322 g/mol. The smallest absolute Gasteiger partial charge is 0.326 e. The first-order valence-corrected chi connectivity index (χ1v) is 8.24. The van der Waals surface area contributed by atoms with E-state index in [1.54, 1.807) is 0 Å². The molecule has 1 rings (SSSR count). The van der Waals surface area contributed by atoms with Crippen LogP contribution in [0.3, 0.4) is 0 Å². The molecule has 1 unspecified atom stereocenters. The van der Waals surface area contributed by atoms with Crippen LogP contribution >= 0.6 is 11.6 Å². The quantitative estimate of drug-likeness (QED) is 0.702. The SMILES string of the molecule is CS(=O)(=O)CCC(NC(=O)c1ccc(Cl)cc1O)C(=O)O. The lowest BCUT2D eigenvalue weighted by atomic mass is 10.1. The third kappa shape index (κ3) is 5.60. The number of phenols is 1. The zero-order valence-corrected chi connectivity index (χ0v) is 12.6. The van der Waals surface area contributed by atoms with Gasteiger partial charge in [-0.2, -0.15) is 0 Å². The molecule has 0 spiro atoms. The van der Waals surface area contributed by atoms with E-state index in [9.17, 15) is 23.1 Å². The molecule has 1 aromatic rings. The molecule has 0 radical (unpaired) electrons. The van der Waals surface area contributed by atoms with Gasteiger partial charge in [0.2, 0.25) is 0 Å². The number of hydrogen-bond acceptors (Lipinski definition) is 5. The van der Waals surface area contributed by atoms with Gasteiger partial charge in [0.1, 0.15) is 21.6 Å². The second kappa shape index (κ2) is 6.77. The number of aromatic hydroxyl groups is 1. The molecule has 9 heteroatoms. The van der Waals surface area contributed by atoms with E-state index in [4.69, 9.17) is 16.7 Å². The van der Waals surface area contributed by atoms with Crippen molar-refractivity contribution in [2.45, 2.75) is 12.5 Å². The molecule has 0 aliphatic rings. The summed E-state index contributed by atoms with van der Waals surface area (Å²) in [6.07, 6.45) is 0.701. The third-order valence-corrected chi connectivity index (χ3v) is 3.80. The van der Waals surface area contributed by atoms with Crippen LogP contribution in [0.15, 0.2) is 18.2 Å². The number of sulfone groups is 1. The standard InChI is InChI=1S/C12H14ClNO6S/c1-21(19,20)5-4-9(12(17)18)14-11(16)8-3-2-7(13)6-10(8)15/h2-3,6,9,15H,4-5H2,1H3,(H,14,16)(H,17,18). The molecule has 3 N–H and O–H groups in total. The number of phenolic OH excluding ortho intramolecular Hbond substituents is 1. The van der Waals surface area contributed by atoms with Crippen molar-refractivity contribution in [1.82, 2.24) is 5.32 Å². The molecule has 0 fully saturated rings. The lowest BCUT2D eigenvalue weighted by Crippen LogP contribution is -2.41. The fraction of sp³-hybridized carbons (Fsp3) is 0.333. The molecule has 0 saturated carbocycles. The van der Waals surface area contributed by atoms with E-state index >= 15 is 0 Å². The summed E-state index contributed by atoms with van der Waals surface area (Å²) in [6, 6.07) is 2.37. The highest BCUT2D eigenvalue weighted by Gasteiger charge is 2.23. The molecule has 0 saturated heterocycles. The molecule has 1 amide bonds. The van der Waals surface area contributed by atoms with Gasteiger partial charge >= 0.3 is 5.97 Å². The number of hydrogen-bond donors (Lipinski definition) is 3. The number of nitrogens with one attached hydrogen (secondary N) is 1. The fourth-order valence-electron chi connectivity index (χ4n) is 1.52. The number of aliphatic carboxylic acids is 1. The Kier molecular flexibility index (Phi) is 5.56. The van der Waals surface area contributed by atoms with Gasteiger partial charge in [-0.1, -0.05) is 11.6 Å². The molecule has 21 heavy (non-hydrogen) atoms. The van der Waals surface area contributed by atoms with Crippen LogP contribution in [0.5, 0.6) is 5.75 Å². The monoisotopic (exact) mass is 335 g/mol. The Balaban J connectivity index is 2.84. The van der Waals surface area contributed by atoms with E-state index in [1.807, 2.05) is 0 Å². The van der Waals surface area contributed by atoms with Crippen LogP contribution in [0.4, 0.5) is 0 Å². The Morgan fingerprint density at radius 1 is 1.38 bits per heavy atom. The van der Waals surface area contributed by atoms with Crippen molar-refractivity contribution in [2.75, 3.05) is 12.0 Å². The van der Waals surface area contributed by atoms with Gasteiger partial charge < -0.3 is 15.5 Å². The average molecular weight is 336 g/mol. The van der Waals surface area contributed by atoms with Crippen molar-refractivity contribution in [3.63, 3.8) is 0 Å². The molecule has 0 aromatic heterocycles. The van der Waals surface area contributed by atoms with Crippen molar-refractivity contribution < 1.29 is 28.2 Å². The molecule has 116 valence electrons. The highest BCUT2D eigenvalue weighted by molar-refractivity contribution is 7.90. The van der Waals surface area contributed by atoms with E-state index in [2.05, 4.69) is 5.32 Å². The summed E-state index contributed by atoms with van der Waals surface area (Å²) >= 11 is 5.63. The van der Waals surface area contributed by atoms with E-state index in [0.29, 0.717) is 0 Å². The van der Waals surface area contributed by atoms with Gasteiger partial charge in [-0.25, -0.2) is 13.2 Å². The first kappa shape index (κ1) is 17.3. The lowest BCUT2D eigenvalue weighted by molar-refractivity contribution is -0.139. The highest BCUT2D eigenvalue weighted by atomic mass is 35.5. The molecular formula is C12H14ClNO6S. The maximum atomic E-state index is 11.9. The summed E-state index contributed by atoms with van der Waals surface area (Å²) < 4.78 is 22.1. The molecule has 7 nitrogen and oxygen atoms in total. The van der Waals surface area contributed by atoms with Crippen LogP contribution in [0.25, 0.3) is 0 Å². The van der Waals surface area contributed by atoms with Crippen LogP contribution in [0.2, 0.25) is 5.02 Å². The van der Waals surface area contributed by atoms with Crippen LogP contribution in [-0.4, -0.2) is 48.6 Å². The van der Waals surface area contributed by atoms with Gasteiger partial charge in [0.05, 0.1) is 11.3 Å². The fourth-order valence-corrected chi connectivity index (χ4v) is 2.35. The number of rotatable bonds is 6. The lowest BCUT2D eigenvalue weighted by Gasteiger charge is -2.14. The summed E-state index contributed by atoms with van der Waals surface area (Å²) in [5, 5.41) is 20.9. The highest BCUT2D eigenvalue weighted by Crippen LogP contribution is 2.21. The summed E-state index contributed by atoms with van der Waals surface area (Å²) in [7, 11) is -3.35. The number of carboxylic acids is 1. The Morgan fingerprint density at radius 3 is 2.48 bits per heavy atom. The summed E-state index contributed by atoms with van der Waals surface area (Å²) in [4.78, 5) is 22.9. The van der Waals surface area contributed by atoms with Crippen LogP contribution in [0.1, 0.15) is 16.8 Å². The number of carboxylic acid groups (broad SMARTS) is 1. The van der Waals surface area contributed by atoms with E-state index in [0.717, 1.165) is 12.3 Å². The maximum absolute atomic E-state index is 11.9. The van der Waals surface area contributed by atoms with Gasteiger partial charge in [-0.3, -0.25) is 4.79 Å².